The maximum atomic E-state index is 11.8. The van der Waals surface area contributed by atoms with Crippen LogP contribution in [-0.2, 0) is 10.2 Å². The lowest BCUT2D eigenvalue weighted by atomic mass is 9.74. The molecule has 0 radical (unpaired) electrons. The third kappa shape index (κ3) is 3.10. The van der Waals surface area contributed by atoms with Gasteiger partial charge in [0.05, 0.1) is 5.41 Å². The average Bonchev–Trinajstić information content (AvgIpc) is 2.40. The van der Waals surface area contributed by atoms with E-state index < -0.39 is 11.4 Å². The number of aliphatic carboxylic acids is 1. The summed E-state index contributed by atoms with van der Waals surface area (Å²) in [6.45, 7) is 3.82. The molecule has 0 saturated heterocycles. The Morgan fingerprint density at radius 1 is 1.11 bits per heavy atom. The van der Waals surface area contributed by atoms with Gasteiger partial charge in [-0.25, -0.2) is 0 Å². The number of carboxylic acid groups (broad SMARTS) is 1. The van der Waals surface area contributed by atoms with E-state index in [9.17, 15) is 9.90 Å². The zero-order valence-corrected chi connectivity index (χ0v) is 11.0. The third-order valence-corrected chi connectivity index (χ3v) is 3.14. The molecule has 1 N–H and O–H groups in total. The third-order valence-electron chi connectivity index (χ3n) is 3.14. The minimum atomic E-state index is -0.861. The predicted molar refractivity (Wildman–Crippen MR) is 74.6 cm³/mol. The number of benzene rings is 1. The van der Waals surface area contributed by atoms with E-state index in [1.165, 1.54) is 0 Å². The van der Waals surface area contributed by atoms with Crippen LogP contribution in [0.25, 0.3) is 0 Å². The minimum Gasteiger partial charge on any atom is -0.481 e. The Kier molecular flexibility index (Phi) is 5.37. The highest BCUT2D eigenvalue weighted by atomic mass is 16.4. The molecule has 0 heterocycles. The van der Waals surface area contributed by atoms with Gasteiger partial charge in [-0.2, -0.15) is 0 Å². The second-order valence-electron chi connectivity index (χ2n) is 4.30. The molecule has 0 aliphatic carbocycles. The first-order chi connectivity index (χ1) is 8.67. The molecule has 0 saturated carbocycles. The van der Waals surface area contributed by atoms with E-state index in [0.29, 0.717) is 12.8 Å². The van der Waals surface area contributed by atoms with Gasteiger partial charge in [0.1, 0.15) is 0 Å². The number of hydrogen-bond acceptors (Lipinski definition) is 1. The summed E-state index contributed by atoms with van der Waals surface area (Å²) in [5.41, 5.74) is -0.00556. The van der Waals surface area contributed by atoms with Gasteiger partial charge in [0.2, 0.25) is 0 Å². The number of carbonyl (C=O) groups is 1. The maximum absolute atomic E-state index is 11.8. The van der Waals surface area contributed by atoms with Gasteiger partial charge >= 0.3 is 5.97 Å². The average molecular weight is 244 g/mol. The molecule has 1 aromatic carbocycles. The van der Waals surface area contributed by atoms with Crippen LogP contribution in [0.2, 0.25) is 0 Å². The number of rotatable bonds is 6. The van der Waals surface area contributed by atoms with Crippen molar-refractivity contribution in [1.29, 1.82) is 0 Å². The van der Waals surface area contributed by atoms with Gasteiger partial charge in [0, 0.05) is 0 Å². The highest BCUT2D eigenvalue weighted by molar-refractivity contribution is 5.82. The van der Waals surface area contributed by atoms with Gasteiger partial charge in [-0.1, -0.05) is 54.6 Å². The molecule has 2 heteroatoms. The molecule has 18 heavy (non-hydrogen) atoms. The second-order valence-corrected chi connectivity index (χ2v) is 4.30. The lowest BCUT2D eigenvalue weighted by Crippen LogP contribution is -2.35. The summed E-state index contributed by atoms with van der Waals surface area (Å²) in [6.07, 6.45) is 8.65. The Bertz CT molecular complexity index is 416. The molecule has 0 bridgehead atoms. The lowest BCUT2D eigenvalue weighted by molar-refractivity contribution is -0.143. The van der Waals surface area contributed by atoms with E-state index in [4.69, 9.17) is 0 Å². The Morgan fingerprint density at radius 2 is 1.61 bits per heavy atom. The molecule has 0 spiro atoms. The molecule has 0 atom stereocenters. The first-order valence-electron chi connectivity index (χ1n) is 6.18. The molecule has 0 aromatic heterocycles. The van der Waals surface area contributed by atoms with Crippen molar-refractivity contribution in [3.63, 3.8) is 0 Å². The summed E-state index contributed by atoms with van der Waals surface area (Å²) >= 11 is 0. The summed E-state index contributed by atoms with van der Waals surface area (Å²) < 4.78 is 0. The fourth-order valence-electron chi connectivity index (χ4n) is 2.01. The van der Waals surface area contributed by atoms with E-state index in [-0.39, 0.29) is 0 Å². The molecule has 96 valence electrons. The van der Waals surface area contributed by atoms with E-state index in [1.807, 2.05) is 68.5 Å². The van der Waals surface area contributed by atoms with Crippen molar-refractivity contribution in [2.24, 2.45) is 0 Å². The first-order valence-corrected chi connectivity index (χ1v) is 6.18. The molecule has 0 aliphatic heterocycles. The van der Waals surface area contributed by atoms with Crippen LogP contribution in [0.5, 0.6) is 0 Å². The molecule has 0 aliphatic rings. The van der Waals surface area contributed by atoms with Crippen molar-refractivity contribution in [1.82, 2.24) is 0 Å². The van der Waals surface area contributed by atoms with Gasteiger partial charge in [-0.05, 0) is 32.3 Å². The second kappa shape index (κ2) is 6.80. The smallest absolute Gasteiger partial charge is 0.314 e. The van der Waals surface area contributed by atoms with Crippen molar-refractivity contribution < 1.29 is 9.90 Å². The van der Waals surface area contributed by atoms with Crippen molar-refractivity contribution >= 4 is 5.97 Å². The quantitative estimate of drug-likeness (QED) is 0.769. The van der Waals surface area contributed by atoms with Crippen molar-refractivity contribution in [2.75, 3.05) is 0 Å². The summed E-state index contributed by atoms with van der Waals surface area (Å²) in [5.74, 6) is -0.773. The van der Waals surface area contributed by atoms with Gasteiger partial charge in [-0.15, -0.1) is 0 Å². The zero-order valence-electron chi connectivity index (χ0n) is 11.0. The molecule has 2 nitrogen and oxygen atoms in total. The van der Waals surface area contributed by atoms with Crippen LogP contribution >= 0.6 is 0 Å². The highest BCUT2D eigenvalue weighted by Gasteiger charge is 2.37. The fourth-order valence-corrected chi connectivity index (χ4v) is 2.01. The number of allylic oxidation sites excluding steroid dienone is 4. The van der Waals surface area contributed by atoms with Crippen LogP contribution in [0, 0.1) is 0 Å². The fraction of sp³-hybridized carbons (Fsp3) is 0.312. The van der Waals surface area contributed by atoms with Crippen LogP contribution in [0.3, 0.4) is 0 Å². The molecule has 1 aromatic rings. The number of carboxylic acids is 1. The monoisotopic (exact) mass is 244 g/mol. The lowest BCUT2D eigenvalue weighted by Gasteiger charge is -2.27. The van der Waals surface area contributed by atoms with Crippen molar-refractivity contribution in [2.45, 2.75) is 32.1 Å². The van der Waals surface area contributed by atoms with E-state index >= 15 is 0 Å². The van der Waals surface area contributed by atoms with Crippen LogP contribution in [0.1, 0.15) is 32.3 Å². The van der Waals surface area contributed by atoms with Gasteiger partial charge < -0.3 is 5.11 Å². The standard InChI is InChI=1S/C16H20O2/c1-3-5-12-16(15(17)18,13-6-4-2)14-10-8-7-9-11-14/h3-11H,12-13H2,1-2H3,(H,17,18). The highest BCUT2D eigenvalue weighted by Crippen LogP contribution is 2.33. The summed E-state index contributed by atoms with van der Waals surface area (Å²) in [7, 11) is 0. The molecular formula is C16H20O2. The van der Waals surface area contributed by atoms with Gasteiger partial charge in [0.15, 0.2) is 0 Å². The predicted octanol–water partition coefficient (Wildman–Crippen LogP) is 3.94. The summed E-state index contributed by atoms with van der Waals surface area (Å²) in [6, 6.07) is 9.46. The minimum absolute atomic E-state index is 0.507. The normalized spacial score (nSPS) is 15.0. The SMILES string of the molecule is CC=CCC(CC=CC)(C(=O)O)c1ccccc1. The van der Waals surface area contributed by atoms with Crippen molar-refractivity contribution in [3.8, 4) is 0 Å². The summed E-state index contributed by atoms with van der Waals surface area (Å²) in [4.78, 5) is 11.8. The zero-order chi connectivity index (χ0) is 13.4. The molecule has 1 rings (SSSR count). The number of hydrogen-bond donors (Lipinski definition) is 1. The Labute approximate surface area is 109 Å². The Hall–Kier alpha value is -1.83. The molecule has 0 unspecified atom stereocenters. The van der Waals surface area contributed by atoms with Crippen LogP contribution < -0.4 is 0 Å². The first kappa shape index (κ1) is 14.2. The van der Waals surface area contributed by atoms with E-state index in [2.05, 4.69) is 0 Å². The van der Waals surface area contributed by atoms with Gasteiger partial charge in [0.25, 0.3) is 0 Å². The van der Waals surface area contributed by atoms with Crippen LogP contribution in [0.4, 0.5) is 0 Å². The van der Waals surface area contributed by atoms with E-state index in [0.717, 1.165) is 5.56 Å². The van der Waals surface area contributed by atoms with E-state index in [1.54, 1.807) is 0 Å². The van der Waals surface area contributed by atoms with Crippen molar-refractivity contribution in [3.05, 3.63) is 60.2 Å². The molecule has 0 amide bonds. The molecular weight excluding hydrogens is 224 g/mol. The maximum Gasteiger partial charge on any atom is 0.314 e. The van der Waals surface area contributed by atoms with Gasteiger partial charge in [-0.3, -0.25) is 4.79 Å². The molecule has 0 fully saturated rings. The largest absolute Gasteiger partial charge is 0.481 e. The van der Waals surface area contributed by atoms with Crippen LogP contribution in [-0.4, -0.2) is 11.1 Å². The summed E-state index contributed by atoms with van der Waals surface area (Å²) in [5, 5.41) is 9.66. The topological polar surface area (TPSA) is 37.3 Å². The van der Waals surface area contributed by atoms with Crippen LogP contribution in [0.15, 0.2) is 54.6 Å². The Balaban J connectivity index is 3.23. The Morgan fingerprint density at radius 3 is 2.00 bits per heavy atom.